The first-order valence-corrected chi connectivity index (χ1v) is 6.17. The van der Waals surface area contributed by atoms with E-state index in [1.807, 2.05) is 26.8 Å². The minimum atomic E-state index is -0.314. The Bertz CT molecular complexity index is 427. The van der Waals surface area contributed by atoms with Crippen molar-refractivity contribution in [3.63, 3.8) is 0 Å². The molecule has 4 nitrogen and oxygen atoms in total. The van der Waals surface area contributed by atoms with Crippen LogP contribution in [0.1, 0.15) is 54.0 Å². The Balaban J connectivity index is 3.25. The molecule has 0 aliphatic heterocycles. The summed E-state index contributed by atoms with van der Waals surface area (Å²) in [5.74, 6) is -0.134. The highest BCUT2D eigenvalue weighted by atomic mass is 16.5. The van der Waals surface area contributed by atoms with Gasteiger partial charge < -0.3 is 9.47 Å². The second-order valence-electron chi connectivity index (χ2n) is 4.47. The van der Waals surface area contributed by atoms with Gasteiger partial charge in [-0.3, -0.25) is 4.98 Å². The molecule has 1 rings (SSSR count). The van der Waals surface area contributed by atoms with E-state index in [1.54, 1.807) is 14.0 Å². The van der Waals surface area contributed by atoms with Gasteiger partial charge in [-0.05, 0) is 31.4 Å². The highest BCUT2D eigenvalue weighted by Gasteiger charge is 2.18. The first-order valence-electron chi connectivity index (χ1n) is 6.17. The first-order chi connectivity index (χ1) is 8.51. The van der Waals surface area contributed by atoms with Gasteiger partial charge in [-0.1, -0.05) is 13.8 Å². The molecule has 4 heteroatoms. The number of carbonyl (C=O) groups excluding carboxylic acids is 1. The van der Waals surface area contributed by atoms with Crippen molar-refractivity contribution in [2.24, 2.45) is 0 Å². The number of methoxy groups -OCH3 is 1. The number of esters is 1. The molecule has 0 bridgehead atoms. The molecule has 0 unspecified atom stereocenters. The molecule has 1 heterocycles. The zero-order valence-corrected chi connectivity index (χ0v) is 11.7. The van der Waals surface area contributed by atoms with E-state index in [0.29, 0.717) is 18.8 Å². The quantitative estimate of drug-likeness (QED) is 0.755. The maximum absolute atomic E-state index is 11.9. The van der Waals surface area contributed by atoms with Crippen LogP contribution in [0.25, 0.3) is 0 Å². The van der Waals surface area contributed by atoms with Gasteiger partial charge in [0, 0.05) is 12.8 Å². The van der Waals surface area contributed by atoms with E-state index in [2.05, 4.69) is 4.98 Å². The van der Waals surface area contributed by atoms with E-state index in [0.717, 1.165) is 17.0 Å². The third kappa shape index (κ3) is 3.29. The van der Waals surface area contributed by atoms with Crippen LogP contribution in [0.3, 0.4) is 0 Å². The van der Waals surface area contributed by atoms with Crippen molar-refractivity contribution in [2.45, 2.75) is 40.2 Å². The van der Waals surface area contributed by atoms with E-state index in [-0.39, 0.29) is 11.9 Å². The maximum Gasteiger partial charge on any atom is 0.340 e. The van der Waals surface area contributed by atoms with E-state index in [4.69, 9.17) is 9.47 Å². The molecule has 18 heavy (non-hydrogen) atoms. The lowest BCUT2D eigenvalue weighted by atomic mass is 10.0. The summed E-state index contributed by atoms with van der Waals surface area (Å²) in [5.41, 5.74) is 3.15. The summed E-state index contributed by atoms with van der Waals surface area (Å²) in [7, 11) is 1.62. The molecule has 0 atom stereocenters. The Labute approximate surface area is 108 Å². The number of carbonyl (C=O) groups is 1. The van der Waals surface area contributed by atoms with Crippen LogP contribution in [0.2, 0.25) is 0 Å². The van der Waals surface area contributed by atoms with Gasteiger partial charge in [0.1, 0.15) is 0 Å². The van der Waals surface area contributed by atoms with E-state index < -0.39 is 0 Å². The summed E-state index contributed by atoms with van der Waals surface area (Å²) in [6, 6.07) is 1.83. The van der Waals surface area contributed by atoms with E-state index >= 15 is 0 Å². The van der Waals surface area contributed by atoms with Crippen LogP contribution in [0, 0.1) is 6.92 Å². The summed E-state index contributed by atoms with van der Waals surface area (Å²) in [6.45, 7) is 8.56. The lowest BCUT2D eigenvalue weighted by Gasteiger charge is -2.14. The van der Waals surface area contributed by atoms with Crippen molar-refractivity contribution >= 4 is 5.97 Å². The zero-order chi connectivity index (χ0) is 13.7. The highest BCUT2D eigenvalue weighted by Crippen LogP contribution is 2.21. The van der Waals surface area contributed by atoms with Gasteiger partial charge in [0.05, 0.1) is 24.5 Å². The summed E-state index contributed by atoms with van der Waals surface area (Å²) < 4.78 is 10.2. The molecule has 0 radical (unpaired) electrons. The third-order valence-corrected chi connectivity index (χ3v) is 2.69. The van der Waals surface area contributed by atoms with Crippen molar-refractivity contribution in [1.82, 2.24) is 4.98 Å². The van der Waals surface area contributed by atoms with Gasteiger partial charge in [-0.25, -0.2) is 4.79 Å². The minimum absolute atomic E-state index is 0.180. The second-order valence-corrected chi connectivity index (χ2v) is 4.47. The Hall–Kier alpha value is -1.42. The average molecular weight is 251 g/mol. The molecule has 1 aromatic rings. The molecule has 0 amide bonds. The topological polar surface area (TPSA) is 48.4 Å². The number of aryl methyl sites for hydroxylation is 1. The van der Waals surface area contributed by atoms with Crippen molar-refractivity contribution in [2.75, 3.05) is 13.7 Å². The van der Waals surface area contributed by atoms with Crippen LogP contribution in [-0.4, -0.2) is 24.7 Å². The molecule has 100 valence electrons. The van der Waals surface area contributed by atoms with Gasteiger partial charge in [-0.2, -0.15) is 0 Å². The van der Waals surface area contributed by atoms with Gasteiger partial charge in [-0.15, -0.1) is 0 Å². The molecule has 0 saturated carbocycles. The van der Waals surface area contributed by atoms with Crippen LogP contribution in [0.5, 0.6) is 0 Å². The monoisotopic (exact) mass is 251 g/mol. The fourth-order valence-electron chi connectivity index (χ4n) is 1.78. The molecule has 0 fully saturated rings. The largest absolute Gasteiger partial charge is 0.462 e. The van der Waals surface area contributed by atoms with Crippen molar-refractivity contribution < 1.29 is 14.3 Å². The Kier molecular flexibility index (Phi) is 5.28. The highest BCUT2D eigenvalue weighted by molar-refractivity contribution is 5.91. The number of aromatic nitrogens is 1. The number of ether oxygens (including phenoxy) is 2. The van der Waals surface area contributed by atoms with Crippen molar-refractivity contribution in [3.8, 4) is 0 Å². The molecule has 0 spiro atoms. The predicted molar refractivity (Wildman–Crippen MR) is 69.7 cm³/mol. The smallest absolute Gasteiger partial charge is 0.340 e. The summed E-state index contributed by atoms with van der Waals surface area (Å²) in [4.78, 5) is 16.4. The number of hydrogen-bond donors (Lipinski definition) is 0. The van der Waals surface area contributed by atoms with Gasteiger partial charge in [0.25, 0.3) is 0 Å². The number of nitrogens with zero attached hydrogens (tertiary/aromatic N) is 1. The van der Waals surface area contributed by atoms with Gasteiger partial charge in [0.15, 0.2) is 0 Å². The number of rotatable bonds is 5. The van der Waals surface area contributed by atoms with Gasteiger partial charge in [0.2, 0.25) is 0 Å². The van der Waals surface area contributed by atoms with Crippen LogP contribution in [-0.2, 0) is 16.1 Å². The van der Waals surface area contributed by atoms with Crippen LogP contribution in [0.4, 0.5) is 0 Å². The SMILES string of the molecule is CCOC(=O)c1cc(COC)c(C)nc1C(C)C. The van der Waals surface area contributed by atoms with E-state index in [1.165, 1.54) is 0 Å². The fourth-order valence-corrected chi connectivity index (χ4v) is 1.78. The molecular weight excluding hydrogens is 230 g/mol. The lowest BCUT2D eigenvalue weighted by Crippen LogP contribution is -2.13. The minimum Gasteiger partial charge on any atom is -0.462 e. The molecule has 0 aliphatic rings. The second kappa shape index (κ2) is 6.50. The first kappa shape index (κ1) is 14.6. The van der Waals surface area contributed by atoms with Crippen LogP contribution < -0.4 is 0 Å². The third-order valence-electron chi connectivity index (χ3n) is 2.69. The molecule has 1 aromatic heterocycles. The summed E-state index contributed by atoms with van der Waals surface area (Å²) in [5, 5.41) is 0. The number of pyridine rings is 1. The van der Waals surface area contributed by atoms with Crippen molar-refractivity contribution in [1.29, 1.82) is 0 Å². The maximum atomic E-state index is 11.9. The molecular formula is C14H21NO3. The van der Waals surface area contributed by atoms with Crippen LogP contribution >= 0.6 is 0 Å². The summed E-state index contributed by atoms with van der Waals surface area (Å²) in [6.07, 6.45) is 0. The molecule has 0 aromatic carbocycles. The van der Waals surface area contributed by atoms with Crippen molar-refractivity contribution in [3.05, 3.63) is 28.6 Å². The normalized spacial score (nSPS) is 10.8. The molecule has 0 N–H and O–H groups in total. The van der Waals surface area contributed by atoms with Crippen LogP contribution in [0.15, 0.2) is 6.07 Å². The molecule has 0 saturated heterocycles. The predicted octanol–water partition coefficient (Wildman–Crippen LogP) is 2.84. The lowest BCUT2D eigenvalue weighted by molar-refractivity contribution is 0.0523. The van der Waals surface area contributed by atoms with Gasteiger partial charge >= 0.3 is 5.97 Å². The standard InChI is InChI=1S/C14H21NO3/c1-6-18-14(16)12-7-11(8-17-5)10(4)15-13(12)9(2)3/h7,9H,6,8H2,1-5H3. The Morgan fingerprint density at radius 1 is 1.44 bits per heavy atom. The Morgan fingerprint density at radius 3 is 2.61 bits per heavy atom. The fraction of sp³-hybridized carbons (Fsp3) is 0.571. The zero-order valence-electron chi connectivity index (χ0n) is 11.7. The molecule has 0 aliphatic carbocycles. The van der Waals surface area contributed by atoms with E-state index in [9.17, 15) is 4.79 Å². The Morgan fingerprint density at radius 2 is 2.11 bits per heavy atom. The average Bonchev–Trinajstić information content (AvgIpc) is 2.31. The number of hydrogen-bond acceptors (Lipinski definition) is 4. The summed E-state index contributed by atoms with van der Waals surface area (Å²) >= 11 is 0.